The maximum Gasteiger partial charge on any atom is 0.0462 e. The van der Waals surface area contributed by atoms with Crippen molar-refractivity contribution in [1.29, 1.82) is 0 Å². The molecule has 0 saturated heterocycles. The number of methoxy groups -OCH3 is 1. The number of rotatable bonds is 4. The Bertz CT molecular complexity index is 118. The van der Waals surface area contributed by atoms with E-state index in [2.05, 4.69) is 12.2 Å². The van der Waals surface area contributed by atoms with Gasteiger partial charge in [-0.1, -0.05) is 12.2 Å². The van der Waals surface area contributed by atoms with Crippen LogP contribution in [-0.2, 0) is 4.74 Å². The standard InChI is InChI=1S/C10H18O/c1-11-9-5-8-10-6-3-2-4-7-10/h2-3,10H,4-9H2,1H3. The van der Waals surface area contributed by atoms with Crippen molar-refractivity contribution < 1.29 is 4.74 Å². The van der Waals surface area contributed by atoms with Crippen molar-refractivity contribution in [3.05, 3.63) is 12.2 Å². The topological polar surface area (TPSA) is 9.23 Å². The van der Waals surface area contributed by atoms with Crippen LogP contribution >= 0.6 is 0 Å². The number of hydrogen-bond donors (Lipinski definition) is 0. The van der Waals surface area contributed by atoms with E-state index in [1.165, 1.54) is 32.1 Å². The van der Waals surface area contributed by atoms with Crippen LogP contribution in [0.2, 0.25) is 0 Å². The van der Waals surface area contributed by atoms with Gasteiger partial charge < -0.3 is 4.74 Å². The van der Waals surface area contributed by atoms with Crippen LogP contribution < -0.4 is 0 Å². The van der Waals surface area contributed by atoms with E-state index in [0.29, 0.717) is 0 Å². The molecule has 0 fully saturated rings. The highest BCUT2D eigenvalue weighted by atomic mass is 16.5. The third-order valence-corrected chi connectivity index (χ3v) is 2.34. The summed E-state index contributed by atoms with van der Waals surface area (Å²) in [7, 11) is 1.78. The van der Waals surface area contributed by atoms with Gasteiger partial charge in [0.1, 0.15) is 0 Å². The zero-order valence-electron chi connectivity index (χ0n) is 7.38. The molecule has 1 atom stereocenters. The van der Waals surface area contributed by atoms with Gasteiger partial charge in [-0.3, -0.25) is 0 Å². The normalized spacial score (nSPS) is 23.9. The predicted octanol–water partition coefficient (Wildman–Crippen LogP) is 2.77. The molecule has 1 aliphatic rings. The van der Waals surface area contributed by atoms with Crippen molar-refractivity contribution in [3.8, 4) is 0 Å². The Morgan fingerprint density at radius 1 is 1.45 bits per heavy atom. The van der Waals surface area contributed by atoms with E-state index in [4.69, 9.17) is 4.74 Å². The molecule has 1 nitrogen and oxygen atoms in total. The van der Waals surface area contributed by atoms with Crippen LogP contribution in [0.25, 0.3) is 0 Å². The molecule has 1 heteroatoms. The summed E-state index contributed by atoms with van der Waals surface area (Å²) >= 11 is 0. The second-order valence-electron chi connectivity index (χ2n) is 3.29. The highest BCUT2D eigenvalue weighted by Crippen LogP contribution is 2.22. The van der Waals surface area contributed by atoms with Crippen LogP contribution in [0, 0.1) is 5.92 Å². The molecule has 0 aromatic heterocycles. The first kappa shape index (κ1) is 8.79. The van der Waals surface area contributed by atoms with Gasteiger partial charge in [-0.25, -0.2) is 0 Å². The first-order chi connectivity index (χ1) is 5.43. The summed E-state index contributed by atoms with van der Waals surface area (Å²) in [6, 6.07) is 0. The van der Waals surface area contributed by atoms with Crippen molar-refractivity contribution in [2.24, 2.45) is 5.92 Å². The fraction of sp³-hybridized carbons (Fsp3) is 0.800. The molecule has 0 aliphatic heterocycles. The van der Waals surface area contributed by atoms with Gasteiger partial charge in [0.15, 0.2) is 0 Å². The van der Waals surface area contributed by atoms with Crippen molar-refractivity contribution >= 4 is 0 Å². The lowest BCUT2D eigenvalue weighted by atomic mass is 9.90. The Morgan fingerprint density at radius 3 is 3.00 bits per heavy atom. The molecule has 0 bridgehead atoms. The quantitative estimate of drug-likeness (QED) is 0.447. The largest absolute Gasteiger partial charge is 0.385 e. The molecule has 64 valence electrons. The molecular weight excluding hydrogens is 136 g/mol. The first-order valence-electron chi connectivity index (χ1n) is 4.57. The smallest absolute Gasteiger partial charge is 0.0462 e. The summed E-state index contributed by atoms with van der Waals surface area (Å²) in [4.78, 5) is 0. The van der Waals surface area contributed by atoms with E-state index >= 15 is 0 Å². The Balaban J connectivity index is 2.02. The molecule has 0 aromatic carbocycles. The molecule has 0 aromatic rings. The number of allylic oxidation sites excluding steroid dienone is 2. The Morgan fingerprint density at radius 2 is 2.36 bits per heavy atom. The lowest BCUT2D eigenvalue weighted by Gasteiger charge is -2.16. The Kier molecular flexibility index (Phi) is 4.29. The monoisotopic (exact) mass is 154 g/mol. The van der Waals surface area contributed by atoms with Gasteiger partial charge >= 0.3 is 0 Å². The van der Waals surface area contributed by atoms with Crippen LogP contribution in [0.4, 0.5) is 0 Å². The van der Waals surface area contributed by atoms with Gasteiger partial charge in [-0.15, -0.1) is 0 Å². The summed E-state index contributed by atoms with van der Waals surface area (Å²) < 4.78 is 5.01. The van der Waals surface area contributed by atoms with Gasteiger partial charge in [0, 0.05) is 13.7 Å². The number of hydrogen-bond acceptors (Lipinski definition) is 1. The third kappa shape index (κ3) is 3.57. The van der Waals surface area contributed by atoms with Crippen LogP contribution in [0.5, 0.6) is 0 Å². The third-order valence-electron chi connectivity index (χ3n) is 2.34. The van der Waals surface area contributed by atoms with Gasteiger partial charge in [0.25, 0.3) is 0 Å². The molecule has 1 unspecified atom stereocenters. The minimum atomic E-state index is 0.931. The molecule has 1 aliphatic carbocycles. The van der Waals surface area contributed by atoms with E-state index in [0.717, 1.165) is 12.5 Å². The van der Waals surface area contributed by atoms with E-state index in [1.807, 2.05) is 0 Å². The second-order valence-corrected chi connectivity index (χ2v) is 3.29. The molecule has 1 rings (SSSR count). The molecule has 0 heterocycles. The fourth-order valence-corrected chi connectivity index (χ4v) is 1.63. The summed E-state index contributed by atoms with van der Waals surface area (Å²) in [5.41, 5.74) is 0. The minimum Gasteiger partial charge on any atom is -0.385 e. The Hall–Kier alpha value is -0.300. The number of ether oxygens (including phenoxy) is 1. The Labute approximate surface area is 69.4 Å². The zero-order chi connectivity index (χ0) is 7.94. The van der Waals surface area contributed by atoms with Gasteiger partial charge in [0.05, 0.1) is 0 Å². The van der Waals surface area contributed by atoms with Crippen molar-refractivity contribution in [2.75, 3.05) is 13.7 Å². The molecule has 0 spiro atoms. The van der Waals surface area contributed by atoms with Crippen LogP contribution in [0.15, 0.2) is 12.2 Å². The summed E-state index contributed by atoms with van der Waals surface area (Å²) in [6.45, 7) is 0.931. The molecule has 0 N–H and O–H groups in total. The van der Waals surface area contributed by atoms with Crippen LogP contribution in [0.3, 0.4) is 0 Å². The van der Waals surface area contributed by atoms with Gasteiger partial charge in [-0.2, -0.15) is 0 Å². The minimum absolute atomic E-state index is 0.931. The van der Waals surface area contributed by atoms with Crippen LogP contribution in [-0.4, -0.2) is 13.7 Å². The highest BCUT2D eigenvalue weighted by molar-refractivity contribution is 4.89. The maximum absolute atomic E-state index is 5.01. The van der Waals surface area contributed by atoms with Gasteiger partial charge in [0.2, 0.25) is 0 Å². The van der Waals surface area contributed by atoms with Crippen LogP contribution in [0.1, 0.15) is 32.1 Å². The predicted molar refractivity (Wildman–Crippen MR) is 47.6 cm³/mol. The fourth-order valence-electron chi connectivity index (χ4n) is 1.63. The highest BCUT2D eigenvalue weighted by Gasteiger charge is 2.08. The van der Waals surface area contributed by atoms with E-state index in [-0.39, 0.29) is 0 Å². The van der Waals surface area contributed by atoms with E-state index in [1.54, 1.807) is 7.11 Å². The molecular formula is C10H18O. The molecule has 0 radical (unpaired) electrons. The van der Waals surface area contributed by atoms with Crippen molar-refractivity contribution in [1.82, 2.24) is 0 Å². The summed E-state index contributed by atoms with van der Waals surface area (Å²) in [6.07, 6.45) is 11.2. The van der Waals surface area contributed by atoms with E-state index < -0.39 is 0 Å². The average molecular weight is 154 g/mol. The first-order valence-corrected chi connectivity index (χ1v) is 4.57. The zero-order valence-corrected chi connectivity index (χ0v) is 7.38. The molecule has 0 amide bonds. The lowest BCUT2D eigenvalue weighted by Crippen LogP contribution is -2.03. The van der Waals surface area contributed by atoms with Gasteiger partial charge in [-0.05, 0) is 38.0 Å². The second kappa shape index (κ2) is 5.36. The average Bonchev–Trinajstić information content (AvgIpc) is 2.07. The van der Waals surface area contributed by atoms with Crippen molar-refractivity contribution in [3.63, 3.8) is 0 Å². The van der Waals surface area contributed by atoms with E-state index in [9.17, 15) is 0 Å². The molecule has 11 heavy (non-hydrogen) atoms. The van der Waals surface area contributed by atoms with Crippen molar-refractivity contribution in [2.45, 2.75) is 32.1 Å². The SMILES string of the molecule is COCCCC1CC=CCC1. The summed E-state index contributed by atoms with van der Waals surface area (Å²) in [5, 5.41) is 0. The maximum atomic E-state index is 5.01. The lowest BCUT2D eigenvalue weighted by molar-refractivity contribution is 0.185. The summed E-state index contributed by atoms with van der Waals surface area (Å²) in [5.74, 6) is 0.940. The molecule has 0 saturated carbocycles.